The van der Waals surface area contributed by atoms with Crippen LogP contribution in [0.4, 0.5) is 5.69 Å². The number of pyridine rings is 1. The second-order valence-electron chi connectivity index (χ2n) is 8.61. The quantitative estimate of drug-likeness (QED) is 0.654. The summed E-state index contributed by atoms with van der Waals surface area (Å²) in [6, 6.07) is 4.25. The molecule has 3 aliphatic rings. The highest BCUT2D eigenvalue weighted by Gasteiger charge is 2.32. The maximum Gasteiger partial charge on any atom is 0.166 e. The van der Waals surface area contributed by atoms with Gasteiger partial charge in [-0.3, -0.25) is 4.79 Å². The average Bonchev–Trinajstić information content (AvgIpc) is 2.83. The van der Waals surface area contributed by atoms with Crippen molar-refractivity contribution < 1.29 is 9.90 Å². The highest BCUT2D eigenvalue weighted by molar-refractivity contribution is 5.95. The van der Waals surface area contributed by atoms with Crippen LogP contribution in [0.2, 0.25) is 0 Å². The molecule has 0 aliphatic heterocycles. The van der Waals surface area contributed by atoms with E-state index in [0.29, 0.717) is 12.8 Å². The molecule has 1 unspecified atom stereocenters. The van der Waals surface area contributed by atoms with Crippen LogP contribution in [0.5, 0.6) is 0 Å². The largest absolute Gasteiger partial charge is 0.388 e. The summed E-state index contributed by atoms with van der Waals surface area (Å²) in [6.45, 7) is 10.5. The van der Waals surface area contributed by atoms with Crippen molar-refractivity contribution >= 4 is 27.9 Å². The van der Waals surface area contributed by atoms with Gasteiger partial charge in [-0.2, -0.15) is 0 Å². The number of rotatable bonds is 3. The summed E-state index contributed by atoms with van der Waals surface area (Å²) < 4.78 is 0. The van der Waals surface area contributed by atoms with E-state index in [1.54, 1.807) is 0 Å². The van der Waals surface area contributed by atoms with Crippen LogP contribution in [-0.4, -0.2) is 29.0 Å². The Balaban J connectivity index is 0.00000119. The van der Waals surface area contributed by atoms with Gasteiger partial charge in [0.2, 0.25) is 0 Å². The first-order valence-electron chi connectivity index (χ1n) is 12.0. The van der Waals surface area contributed by atoms with Crippen molar-refractivity contribution in [3.63, 3.8) is 0 Å². The lowest BCUT2D eigenvalue weighted by Gasteiger charge is -2.30. The lowest BCUT2D eigenvalue weighted by atomic mass is 9.76. The molecule has 1 heterocycles. The summed E-state index contributed by atoms with van der Waals surface area (Å²) in [4.78, 5) is 17.3. The van der Waals surface area contributed by atoms with Gasteiger partial charge in [0.1, 0.15) is 6.10 Å². The van der Waals surface area contributed by atoms with E-state index in [4.69, 9.17) is 4.98 Å². The van der Waals surface area contributed by atoms with Crippen molar-refractivity contribution in [1.82, 2.24) is 4.98 Å². The van der Waals surface area contributed by atoms with Crippen LogP contribution in [0.3, 0.4) is 0 Å². The maximum absolute atomic E-state index is 12.1. The smallest absolute Gasteiger partial charge is 0.166 e. The number of hydrogen-bond donors (Lipinski definition) is 2. The Labute approximate surface area is 191 Å². The highest BCUT2D eigenvalue weighted by Crippen LogP contribution is 2.43. The van der Waals surface area contributed by atoms with Crippen molar-refractivity contribution in [2.75, 3.05) is 12.4 Å². The van der Waals surface area contributed by atoms with Gasteiger partial charge in [0.15, 0.2) is 5.78 Å². The van der Waals surface area contributed by atoms with Gasteiger partial charge in [-0.15, -0.1) is 0 Å². The zero-order valence-electron chi connectivity index (χ0n) is 19.8. The Kier molecular flexibility index (Phi) is 6.34. The number of ketones is 1. The molecule has 0 fully saturated rings. The summed E-state index contributed by atoms with van der Waals surface area (Å²) >= 11 is 0. The van der Waals surface area contributed by atoms with E-state index < -0.39 is 6.10 Å². The van der Waals surface area contributed by atoms with Gasteiger partial charge >= 0.3 is 0 Å². The van der Waals surface area contributed by atoms with Crippen molar-refractivity contribution in [2.45, 2.75) is 71.8 Å². The first-order valence-corrected chi connectivity index (χ1v) is 12.0. The molecule has 0 bridgehead atoms. The third-order valence-electron chi connectivity index (χ3n) is 6.99. The number of aliphatic hydroxyl groups excluding tert-OH is 1. The lowest BCUT2D eigenvalue weighted by molar-refractivity contribution is -0.125. The fraction of sp³-hybridized carbons (Fsp3) is 0.429. The second kappa shape index (κ2) is 9.03. The number of nitrogens with zero attached hydrogens (tertiary/aromatic N) is 1. The summed E-state index contributed by atoms with van der Waals surface area (Å²) in [7, 11) is 1.98. The molecule has 0 saturated heterocycles. The van der Waals surface area contributed by atoms with E-state index in [-0.39, 0.29) is 5.78 Å². The van der Waals surface area contributed by atoms with Crippen LogP contribution < -0.4 is 5.32 Å². The first-order chi connectivity index (χ1) is 15.5. The molecule has 1 aromatic heterocycles. The van der Waals surface area contributed by atoms with Gasteiger partial charge in [0, 0.05) is 24.5 Å². The molecule has 1 atom stereocenters. The number of nitrogens with one attached hydrogen (secondary N) is 1. The third-order valence-corrected chi connectivity index (χ3v) is 6.99. The average molecular weight is 431 g/mol. The van der Waals surface area contributed by atoms with Gasteiger partial charge < -0.3 is 10.4 Å². The van der Waals surface area contributed by atoms with E-state index in [1.165, 1.54) is 27.8 Å². The summed E-state index contributed by atoms with van der Waals surface area (Å²) in [5, 5.41) is 15.2. The van der Waals surface area contributed by atoms with Gasteiger partial charge in [-0.1, -0.05) is 27.4 Å². The number of carbonyl (C=O) groups is 1. The molecule has 0 amide bonds. The topological polar surface area (TPSA) is 62.2 Å². The molecule has 5 rings (SSSR count). The summed E-state index contributed by atoms with van der Waals surface area (Å²) in [5.74, 6) is -0.0967. The minimum atomic E-state index is -1.03. The van der Waals surface area contributed by atoms with Crippen LogP contribution in [-0.2, 0) is 24.1 Å². The zero-order valence-corrected chi connectivity index (χ0v) is 19.8. The molecule has 0 radical (unpaired) electrons. The molecular formula is C28H34N2O2. The van der Waals surface area contributed by atoms with Crippen molar-refractivity contribution in [1.29, 1.82) is 0 Å². The van der Waals surface area contributed by atoms with Crippen molar-refractivity contribution in [3.8, 4) is 0 Å². The summed E-state index contributed by atoms with van der Waals surface area (Å²) in [6.07, 6.45) is 7.00. The fourth-order valence-electron chi connectivity index (χ4n) is 5.55. The van der Waals surface area contributed by atoms with Crippen LogP contribution in [0, 0.1) is 0 Å². The third kappa shape index (κ3) is 3.51. The van der Waals surface area contributed by atoms with Gasteiger partial charge in [-0.05, 0) is 95.7 Å². The Hall–Kier alpha value is -2.72. The molecular weight excluding hydrogens is 396 g/mol. The second-order valence-corrected chi connectivity index (χ2v) is 8.61. The van der Waals surface area contributed by atoms with E-state index >= 15 is 0 Å². The molecule has 0 spiro atoms. The Morgan fingerprint density at radius 3 is 2.62 bits per heavy atom. The van der Waals surface area contributed by atoms with E-state index in [0.717, 1.165) is 65.6 Å². The summed E-state index contributed by atoms with van der Waals surface area (Å²) in [5.41, 5.74) is 11.2. The monoisotopic (exact) mass is 430 g/mol. The number of aliphatic hydroxyl groups is 1. The minimum Gasteiger partial charge on any atom is -0.388 e. The van der Waals surface area contributed by atoms with Crippen LogP contribution in [0.1, 0.15) is 68.8 Å². The molecule has 2 N–H and O–H groups in total. The number of anilines is 1. The van der Waals surface area contributed by atoms with Crippen molar-refractivity contribution in [3.05, 3.63) is 63.9 Å². The number of Topliss-reactive ketones (excluding diaryl/α,β-unsaturated/α-hetero) is 1. The molecule has 0 saturated carbocycles. The predicted molar refractivity (Wildman–Crippen MR) is 133 cm³/mol. The van der Waals surface area contributed by atoms with Gasteiger partial charge in [-0.25, -0.2) is 4.98 Å². The van der Waals surface area contributed by atoms with E-state index in [2.05, 4.69) is 31.0 Å². The number of aromatic nitrogens is 1. The molecule has 1 aromatic carbocycles. The van der Waals surface area contributed by atoms with Gasteiger partial charge in [0.25, 0.3) is 0 Å². The maximum atomic E-state index is 12.1. The Morgan fingerprint density at radius 1 is 1.16 bits per heavy atom. The Morgan fingerprint density at radius 2 is 1.91 bits per heavy atom. The molecule has 2 aromatic rings. The Bertz CT molecular complexity index is 1170. The molecule has 4 heteroatoms. The molecule has 168 valence electrons. The van der Waals surface area contributed by atoms with E-state index in [1.807, 2.05) is 27.0 Å². The van der Waals surface area contributed by atoms with Crippen LogP contribution >= 0.6 is 0 Å². The van der Waals surface area contributed by atoms with Crippen molar-refractivity contribution in [2.24, 2.45) is 0 Å². The SMILES string of the molecule is C=C1CC(c2nc3ccc(NC)c4c3c(c2CC)CCC4)=CC2=C1CCC(=O)C2O.CC. The first kappa shape index (κ1) is 22.5. The normalized spacial score (nSPS) is 19.9. The number of benzene rings is 1. The van der Waals surface area contributed by atoms with Gasteiger partial charge in [0.05, 0.1) is 11.2 Å². The lowest BCUT2D eigenvalue weighted by Crippen LogP contribution is -2.29. The number of aryl methyl sites for hydroxylation is 2. The fourth-order valence-corrected chi connectivity index (χ4v) is 5.55. The highest BCUT2D eigenvalue weighted by atomic mass is 16.3. The molecule has 4 nitrogen and oxygen atoms in total. The number of carbonyl (C=O) groups excluding carboxylic acids is 1. The van der Waals surface area contributed by atoms with Crippen LogP contribution in [0.15, 0.2) is 41.5 Å². The molecule has 3 aliphatic carbocycles. The number of allylic oxidation sites excluding steroid dienone is 3. The predicted octanol–water partition coefficient (Wildman–Crippen LogP) is 5.72. The van der Waals surface area contributed by atoms with Crippen LogP contribution in [0.25, 0.3) is 16.5 Å². The minimum absolute atomic E-state index is 0.0967. The zero-order chi connectivity index (χ0) is 23.0. The van der Waals surface area contributed by atoms with E-state index in [9.17, 15) is 9.90 Å². The number of hydrogen-bond acceptors (Lipinski definition) is 4. The molecule has 32 heavy (non-hydrogen) atoms. The standard InChI is InChI=1S/C26H28N2O2.C2H6/c1-4-16-18-6-5-7-19-21(27-3)9-10-22(24(18)19)28-25(16)15-12-14(2)17-8-11-23(29)26(30)20(17)13-15;1-2/h9-10,13,26-27,30H,2,4-8,11-12H2,1,3H3;1-2H3.